The van der Waals surface area contributed by atoms with E-state index in [4.69, 9.17) is 0 Å². The predicted octanol–water partition coefficient (Wildman–Crippen LogP) is 3.80. The molecule has 120 valence electrons. The van der Waals surface area contributed by atoms with E-state index in [1.165, 1.54) is 0 Å². The topological polar surface area (TPSA) is 37.4 Å². The zero-order valence-electron chi connectivity index (χ0n) is 14.2. The van der Waals surface area contributed by atoms with Crippen molar-refractivity contribution in [1.82, 2.24) is 4.90 Å². The molecule has 0 saturated carbocycles. The van der Waals surface area contributed by atoms with Gasteiger partial charge in [-0.1, -0.05) is 40.5 Å². The lowest BCUT2D eigenvalue weighted by molar-refractivity contribution is -0.132. The van der Waals surface area contributed by atoms with Crippen LogP contribution in [-0.4, -0.2) is 28.7 Å². The van der Waals surface area contributed by atoms with Crippen LogP contribution in [0.25, 0.3) is 0 Å². The number of amides is 1. The number of Topliss-reactive ketones (excluding diaryl/α,β-unsaturated/α-hetero) is 1. The highest BCUT2D eigenvalue weighted by Gasteiger charge is 2.63. The van der Waals surface area contributed by atoms with Crippen LogP contribution < -0.4 is 0 Å². The maximum Gasteiger partial charge on any atom is 0.252 e. The smallest absolute Gasteiger partial charge is 0.252 e. The van der Waals surface area contributed by atoms with Gasteiger partial charge in [0, 0.05) is 6.54 Å². The third-order valence-corrected chi connectivity index (χ3v) is 5.65. The lowest BCUT2D eigenvalue weighted by atomic mass is 9.84. The molecule has 3 nitrogen and oxygen atoms in total. The summed E-state index contributed by atoms with van der Waals surface area (Å²) in [5.41, 5.74) is 3.10. The molecular weight excluding hydrogens is 342 g/mol. The van der Waals surface area contributed by atoms with E-state index in [2.05, 4.69) is 15.9 Å². The minimum atomic E-state index is -1.26. The third kappa shape index (κ3) is 2.23. The zero-order valence-corrected chi connectivity index (χ0v) is 15.8. The summed E-state index contributed by atoms with van der Waals surface area (Å²) in [4.78, 5) is 27.9. The Hall–Kier alpha value is -1.16. The number of carbonyl (C=O) groups excluding carboxylic acids is 2. The van der Waals surface area contributed by atoms with Crippen molar-refractivity contribution in [3.8, 4) is 0 Å². The molecule has 0 bridgehead atoms. The number of alkyl halides is 1. The summed E-state index contributed by atoms with van der Waals surface area (Å²) < 4.78 is -1.26. The lowest BCUT2D eigenvalue weighted by Gasteiger charge is -2.29. The largest absolute Gasteiger partial charge is 0.329 e. The third-order valence-electron chi connectivity index (χ3n) is 4.55. The Kier molecular flexibility index (Phi) is 4.29. The lowest BCUT2D eigenvalue weighted by Crippen LogP contribution is -2.44. The molecule has 2 rings (SSSR count). The Balaban J connectivity index is 2.69. The van der Waals surface area contributed by atoms with Gasteiger partial charge in [-0.2, -0.15) is 0 Å². The van der Waals surface area contributed by atoms with Crippen LogP contribution in [-0.2, 0) is 13.9 Å². The van der Waals surface area contributed by atoms with Crippen molar-refractivity contribution in [2.45, 2.75) is 57.8 Å². The number of nitrogens with zero attached hydrogens (tertiary/aromatic N) is 1. The molecular formula is C18H24BrNO2. The van der Waals surface area contributed by atoms with Crippen LogP contribution in [0, 0.1) is 20.8 Å². The van der Waals surface area contributed by atoms with Gasteiger partial charge < -0.3 is 4.90 Å². The van der Waals surface area contributed by atoms with Crippen molar-refractivity contribution in [2.75, 3.05) is 6.54 Å². The second kappa shape index (κ2) is 5.48. The fourth-order valence-corrected chi connectivity index (χ4v) is 4.95. The summed E-state index contributed by atoms with van der Waals surface area (Å²) in [5.74, 6) is -0.215. The number of likely N-dealkylation sites (tertiary alicyclic amines) is 1. The minimum absolute atomic E-state index is 0.0755. The molecule has 0 aromatic heterocycles. The Labute approximate surface area is 141 Å². The number of hydrogen-bond acceptors (Lipinski definition) is 2. The number of carbonyl (C=O) groups is 2. The fourth-order valence-electron chi connectivity index (χ4n) is 3.63. The number of ketones is 1. The Bertz CT molecular complexity index is 627. The normalized spacial score (nSPS) is 24.2. The minimum Gasteiger partial charge on any atom is -0.329 e. The molecule has 1 atom stereocenters. The van der Waals surface area contributed by atoms with E-state index in [1.54, 1.807) is 4.90 Å². The molecule has 4 heteroatoms. The van der Waals surface area contributed by atoms with E-state index in [1.807, 2.05) is 53.7 Å². The van der Waals surface area contributed by atoms with Gasteiger partial charge in [0.25, 0.3) is 5.91 Å². The van der Waals surface area contributed by atoms with Gasteiger partial charge in [0.2, 0.25) is 0 Å². The molecule has 0 spiro atoms. The van der Waals surface area contributed by atoms with Crippen LogP contribution in [0.3, 0.4) is 0 Å². The van der Waals surface area contributed by atoms with Crippen LogP contribution in [0.4, 0.5) is 0 Å². The molecule has 1 heterocycles. The van der Waals surface area contributed by atoms with Gasteiger partial charge in [-0.25, -0.2) is 0 Å². The molecule has 0 aliphatic carbocycles. The second-order valence-electron chi connectivity index (χ2n) is 6.78. The molecule has 1 fully saturated rings. The van der Waals surface area contributed by atoms with E-state index < -0.39 is 9.86 Å². The first-order chi connectivity index (χ1) is 10.1. The average molecular weight is 366 g/mol. The van der Waals surface area contributed by atoms with Gasteiger partial charge in [-0.15, -0.1) is 0 Å². The quantitative estimate of drug-likeness (QED) is 0.603. The summed E-state index contributed by atoms with van der Waals surface area (Å²) in [6, 6.07) is 4.06. The van der Waals surface area contributed by atoms with Gasteiger partial charge in [-0.3, -0.25) is 9.59 Å². The van der Waals surface area contributed by atoms with E-state index >= 15 is 0 Å². The van der Waals surface area contributed by atoms with Crippen LogP contribution >= 0.6 is 15.9 Å². The highest BCUT2D eigenvalue weighted by atomic mass is 79.9. The SMILES string of the molecule is CCCN1C(=O)C(Br)(c2c(C)cc(C)cc2C)C(=O)C1(C)C. The van der Waals surface area contributed by atoms with Crippen molar-refractivity contribution in [1.29, 1.82) is 0 Å². The molecule has 0 radical (unpaired) electrons. The molecule has 1 aromatic carbocycles. The molecule has 1 unspecified atom stereocenters. The van der Waals surface area contributed by atoms with Gasteiger partial charge in [0.1, 0.15) is 0 Å². The highest BCUT2D eigenvalue weighted by Crippen LogP contribution is 2.48. The number of aryl methyl sites for hydroxylation is 3. The first-order valence-electron chi connectivity index (χ1n) is 7.72. The molecule has 1 saturated heterocycles. The zero-order chi connectivity index (χ0) is 16.9. The molecule has 1 amide bonds. The summed E-state index contributed by atoms with van der Waals surface area (Å²) in [5, 5.41) is 0. The van der Waals surface area contributed by atoms with Crippen LogP contribution in [0.5, 0.6) is 0 Å². The average Bonchev–Trinajstić information content (AvgIpc) is 2.51. The maximum atomic E-state index is 13.1. The van der Waals surface area contributed by atoms with Gasteiger partial charge in [-0.05, 0) is 57.7 Å². The highest BCUT2D eigenvalue weighted by molar-refractivity contribution is 9.10. The molecule has 1 aliphatic heterocycles. The van der Waals surface area contributed by atoms with E-state index in [9.17, 15) is 9.59 Å². The van der Waals surface area contributed by atoms with Crippen LogP contribution in [0.15, 0.2) is 12.1 Å². The van der Waals surface area contributed by atoms with Crippen molar-refractivity contribution in [2.24, 2.45) is 0 Å². The van der Waals surface area contributed by atoms with Gasteiger partial charge >= 0.3 is 0 Å². The van der Waals surface area contributed by atoms with Crippen molar-refractivity contribution in [3.63, 3.8) is 0 Å². The predicted molar refractivity (Wildman–Crippen MR) is 92.3 cm³/mol. The number of benzene rings is 1. The Morgan fingerprint density at radius 2 is 1.59 bits per heavy atom. The van der Waals surface area contributed by atoms with E-state index in [0.717, 1.165) is 28.7 Å². The van der Waals surface area contributed by atoms with E-state index in [0.29, 0.717) is 6.54 Å². The van der Waals surface area contributed by atoms with Crippen LogP contribution in [0.1, 0.15) is 49.4 Å². The van der Waals surface area contributed by atoms with Crippen molar-refractivity contribution in [3.05, 3.63) is 34.4 Å². The molecule has 22 heavy (non-hydrogen) atoms. The number of hydrogen-bond donors (Lipinski definition) is 0. The molecule has 0 N–H and O–H groups in total. The second-order valence-corrected chi connectivity index (χ2v) is 7.97. The van der Waals surface area contributed by atoms with Crippen LogP contribution in [0.2, 0.25) is 0 Å². The fraction of sp³-hybridized carbons (Fsp3) is 0.556. The molecule has 1 aliphatic rings. The summed E-state index contributed by atoms with van der Waals surface area (Å²) in [7, 11) is 0. The monoisotopic (exact) mass is 365 g/mol. The maximum absolute atomic E-state index is 13.1. The van der Waals surface area contributed by atoms with Gasteiger partial charge in [0.05, 0.1) is 5.54 Å². The van der Waals surface area contributed by atoms with Gasteiger partial charge in [0.15, 0.2) is 10.1 Å². The first-order valence-corrected chi connectivity index (χ1v) is 8.52. The standard InChI is InChI=1S/C18H24BrNO2/c1-7-8-20-16(22)18(19,15(21)17(20,5)6)14-12(3)9-11(2)10-13(14)4/h9-10H,7-8H2,1-6H3. The Morgan fingerprint density at radius 1 is 1.09 bits per heavy atom. The number of halogens is 1. The summed E-state index contributed by atoms with van der Waals surface area (Å²) >= 11 is 3.56. The summed E-state index contributed by atoms with van der Waals surface area (Å²) in [6.45, 7) is 12.2. The van der Waals surface area contributed by atoms with Crippen molar-refractivity contribution < 1.29 is 9.59 Å². The first kappa shape index (κ1) is 17.2. The van der Waals surface area contributed by atoms with E-state index in [-0.39, 0.29) is 11.7 Å². The molecule has 1 aromatic rings. The summed E-state index contributed by atoms with van der Waals surface area (Å²) in [6.07, 6.45) is 0.831. The van der Waals surface area contributed by atoms with Crippen molar-refractivity contribution >= 4 is 27.6 Å². The number of rotatable bonds is 3. The Morgan fingerprint density at radius 3 is 2.05 bits per heavy atom.